The van der Waals surface area contributed by atoms with Gasteiger partial charge in [0.15, 0.2) is 6.29 Å². The predicted molar refractivity (Wildman–Crippen MR) is 125 cm³/mol. The molecule has 1 heterocycles. The molecule has 1 aliphatic carbocycles. The molecule has 2 fully saturated rings. The highest BCUT2D eigenvalue weighted by molar-refractivity contribution is 7.84. The fraction of sp³-hybridized carbons (Fsp3) is 0.750. The van der Waals surface area contributed by atoms with Crippen molar-refractivity contribution in [3.8, 4) is 0 Å². The van der Waals surface area contributed by atoms with Crippen molar-refractivity contribution in [2.24, 2.45) is 5.92 Å². The molecule has 1 unspecified atom stereocenters. The largest absolute Gasteiger partial charge is 0.353 e. The van der Waals surface area contributed by atoms with Crippen LogP contribution in [0.2, 0.25) is 5.02 Å². The van der Waals surface area contributed by atoms with E-state index in [-0.39, 0.29) is 22.5 Å². The van der Waals surface area contributed by atoms with Crippen molar-refractivity contribution >= 4 is 22.6 Å². The smallest absolute Gasteiger partial charge is 0.157 e. The molecule has 1 saturated heterocycles. The van der Waals surface area contributed by atoms with Crippen LogP contribution in [0.3, 0.4) is 0 Å². The molecule has 4 atom stereocenters. The summed E-state index contributed by atoms with van der Waals surface area (Å²) in [4.78, 5) is 0. The quantitative estimate of drug-likeness (QED) is 0.515. The molecule has 1 N–H and O–H groups in total. The zero-order chi connectivity index (χ0) is 21.8. The monoisotopic (exact) mass is 455 g/mol. The van der Waals surface area contributed by atoms with E-state index in [1.165, 1.54) is 18.4 Å². The summed E-state index contributed by atoms with van der Waals surface area (Å²) < 4.78 is 28.1. The van der Waals surface area contributed by atoms with Gasteiger partial charge < -0.3 is 9.47 Å². The van der Waals surface area contributed by atoms with Gasteiger partial charge in [-0.15, -0.1) is 0 Å². The van der Waals surface area contributed by atoms with Gasteiger partial charge in [-0.2, -0.15) is 0 Å². The van der Waals surface area contributed by atoms with E-state index in [4.69, 9.17) is 21.1 Å². The maximum Gasteiger partial charge on any atom is 0.157 e. The normalized spacial score (nSPS) is 24.6. The van der Waals surface area contributed by atoms with Gasteiger partial charge in [0.1, 0.15) is 0 Å². The van der Waals surface area contributed by atoms with Crippen LogP contribution in [-0.4, -0.2) is 34.5 Å². The summed E-state index contributed by atoms with van der Waals surface area (Å²) in [7, 11) is -1.13. The van der Waals surface area contributed by atoms with Gasteiger partial charge in [0, 0.05) is 23.1 Å². The first-order valence-corrected chi connectivity index (χ1v) is 12.9. The van der Waals surface area contributed by atoms with E-state index >= 15 is 0 Å². The number of ether oxygens (including phenoxy) is 2. The molecule has 0 bridgehead atoms. The number of hydrogen-bond donors (Lipinski definition) is 1. The average molecular weight is 456 g/mol. The van der Waals surface area contributed by atoms with Gasteiger partial charge >= 0.3 is 0 Å². The summed E-state index contributed by atoms with van der Waals surface area (Å²) >= 11 is 6.15. The summed E-state index contributed by atoms with van der Waals surface area (Å²) in [5, 5.41) is 0.755. The minimum atomic E-state index is -1.13. The standard InChI is InChI=1S/C24H38ClNO3S/c1-18(17-29-22-8-5-6-15-28-22)16-21(26-30(27)23(2,3)4)24(13-7-14-24)19-9-11-20(25)12-10-19/h9-12,18,21-22,26H,5-8,13-17H2,1-4H3/t18-,21-,22?,30-/m1/s1. The molecule has 1 aromatic rings. The van der Waals surface area contributed by atoms with Gasteiger partial charge in [0.25, 0.3) is 0 Å². The van der Waals surface area contributed by atoms with Gasteiger partial charge in [-0.25, -0.2) is 8.93 Å². The van der Waals surface area contributed by atoms with E-state index in [1.54, 1.807) is 0 Å². The van der Waals surface area contributed by atoms with Crippen LogP contribution in [0, 0.1) is 5.92 Å². The minimum absolute atomic E-state index is 0.00109. The van der Waals surface area contributed by atoms with Crippen molar-refractivity contribution in [2.45, 2.75) is 95.1 Å². The average Bonchev–Trinajstić information content (AvgIpc) is 2.67. The zero-order valence-corrected chi connectivity index (χ0v) is 20.5. The maximum atomic E-state index is 13.1. The van der Waals surface area contributed by atoms with Crippen molar-refractivity contribution in [3.63, 3.8) is 0 Å². The Morgan fingerprint density at radius 3 is 2.47 bits per heavy atom. The first-order valence-electron chi connectivity index (χ1n) is 11.4. The van der Waals surface area contributed by atoms with Crippen LogP contribution >= 0.6 is 11.6 Å². The molecular weight excluding hydrogens is 418 g/mol. The van der Waals surface area contributed by atoms with E-state index in [9.17, 15) is 4.21 Å². The maximum absolute atomic E-state index is 13.1. The van der Waals surface area contributed by atoms with Crippen LogP contribution in [0.4, 0.5) is 0 Å². The Hall–Kier alpha value is -0.460. The third kappa shape index (κ3) is 6.07. The number of benzene rings is 1. The van der Waals surface area contributed by atoms with Gasteiger partial charge in [-0.05, 0) is 82.9 Å². The highest BCUT2D eigenvalue weighted by Gasteiger charge is 2.47. The van der Waals surface area contributed by atoms with Gasteiger partial charge in [-0.1, -0.05) is 37.1 Å². The lowest BCUT2D eigenvalue weighted by molar-refractivity contribution is -0.168. The zero-order valence-electron chi connectivity index (χ0n) is 18.9. The topological polar surface area (TPSA) is 47.6 Å². The molecule has 1 aromatic carbocycles. The third-order valence-corrected chi connectivity index (χ3v) is 8.34. The molecule has 4 nitrogen and oxygen atoms in total. The van der Waals surface area contributed by atoms with Crippen LogP contribution in [0.25, 0.3) is 0 Å². The van der Waals surface area contributed by atoms with Crippen molar-refractivity contribution < 1.29 is 13.7 Å². The van der Waals surface area contributed by atoms with Crippen molar-refractivity contribution in [1.29, 1.82) is 0 Å². The minimum Gasteiger partial charge on any atom is -0.353 e. The fourth-order valence-electron chi connectivity index (χ4n) is 4.45. The van der Waals surface area contributed by atoms with Crippen LogP contribution in [0.1, 0.15) is 78.2 Å². The summed E-state index contributed by atoms with van der Waals surface area (Å²) in [5.41, 5.74) is 1.30. The highest BCUT2D eigenvalue weighted by atomic mass is 35.5. The van der Waals surface area contributed by atoms with Crippen LogP contribution < -0.4 is 4.72 Å². The van der Waals surface area contributed by atoms with Gasteiger partial charge in [-0.3, -0.25) is 0 Å². The Labute approximate surface area is 190 Å². The Kier molecular flexibility index (Phi) is 8.42. The van der Waals surface area contributed by atoms with Crippen LogP contribution in [0.15, 0.2) is 24.3 Å². The number of rotatable bonds is 9. The number of halogens is 1. The fourth-order valence-corrected chi connectivity index (χ4v) is 5.51. The van der Waals surface area contributed by atoms with Gasteiger partial charge in [0.2, 0.25) is 0 Å². The molecule has 0 radical (unpaired) electrons. The van der Waals surface area contributed by atoms with E-state index in [0.29, 0.717) is 12.5 Å². The Morgan fingerprint density at radius 2 is 1.93 bits per heavy atom. The van der Waals surface area contributed by atoms with E-state index < -0.39 is 11.0 Å². The molecule has 6 heteroatoms. The Bertz CT molecular complexity index is 693. The van der Waals surface area contributed by atoms with Crippen molar-refractivity contribution in [2.75, 3.05) is 13.2 Å². The van der Waals surface area contributed by atoms with Crippen LogP contribution in [-0.2, 0) is 25.9 Å². The molecule has 1 aliphatic heterocycles. The molecule has 0 aromatic heterocycles. The first-order chi connectivity index (χ1) is 14.2. The predicted octanol–water partition coefficient (Wildman–Crippen LogP) is 5.75. The molecule has 3 rings (SSSR count). The SMILES string of the molecule is C[C@@H](COC1CCCCO1)C[C@@H](N[S@](=O)C(C)(C)C)C1(c2ccc(Cl)cc2)CCC1. The molecule has 2 aliphatic rings. The summed E-state index contributed by atoms with van der Waals surface area (Å²) in [6.45, 7) is 9.77. The first kappa shape index (κ1) is 24.2. The Balaban J connectivity index is 1.73. The van der Waals surface area contributed by atoms with E-state index in [2.05, 4.69) is 23.8 Å². The van der Waals surface area contributed by atoms with Crippen molar-refractivity contribution in [3.05, 3.63) is 34.9 Å². The molecule has 30 heavy (non-hydrogen) atoms. The second kappa shape index (κ2) is 10.4. The van der Waals surface area contributed by atoms with Crippen LogP contribution in [0.5, 0.6) is 0 Å². The van der Waals surface area contributed by atoms with E-state index in [0.717, 1.165) is 43.7 Å². The molecule has 0 amide bonds. The van der Waals surface area contributed by atoms with Gasteiger partial charge in [0.05, 0.1) is 22.3 Å². The molecular formula is C24H38ClNO3S. The lowest BCUT2D eigenvalue weighted by Crippen LogP contribution is -2.55. The second-order valence-corrected chi connectivity index (χ2v) is 12.5. The highest BCUT2D eigenvalue weighted by Crippen LogP contribution is 2.48. The Morgan fingerprint density at radius 1 is 1.23 bits per heavy atom. The summed E-state index contributed by atoms with van der Waals surface area (Å²) in [5.74, 6) is 0.342. The lowest BCUT2D eigenvalue weighted by Gasteiger charge is -2.49. The molecule has 0 spiro atoms. The summed E-state index contributed by atoms with van der Waals surface area (Å²) in [6.07, 6.45) is 7.54. The lowest BCUT2D eigenvalue weighted by atomic mass is 9.59. The summed E-state index contributed by atoms with van der Waals surface area (Å²) in [6, 6.07) is 8.36. The number of hydrogen-bond acceptors (Lipinski definition) is 3. The van der Waals surface area contributed by atoms with E-state index in [1.807, 2.05) is 32.9 Å². The second-order valence-electron chi connectivity index (χ2n) is 10.0. The molecule has 170 valence electrons. The molecule has 1 saturated carbocycles. The third-order valence-electron chi connectivity index (χ3n) is 6.48. The number of nitrogens with one attached hydrogen (secondary N) is 1. The van der Waals surface area contributed by atoms with Crippen molar-refractivity contribution in [1.82, 2.24) is 4.72 Å².